The fourth-order valence-corrected chi connectivity index (χ4v) is 1.85. The largest absolute Gasteiger partial charge is 0.388 e. The summed E-state index contributed by atoms with van der Waals surface area (Å²) >= 11 is 0. The SMILES string of the molecule is Cc1ccc2[nH]nc(C(=O)NCC(C)(O)C(C)C)c2c1. The third kappa shape index (κ3) is 2.82. The van der Waals surface area contributed by atoms with Crippen molar-refractivity contribution in [2.75, 3.05) is 6.54 Å². The number of fused-ring (bicyclic) bond motifs is 1. The first kappa shape index (κ1) is 14.5. The number of nitrogens with one attached hydrogen (secondary N) is 2. The Morgan fingerprint density at radius 2 is 2.20 bits per heavy atom. The molecular weight excluding hydrogens is 254 g/mol. The number of aryl methyl sites for hydroxylation is 1. The number of benzene rings is 1. The van der Waals surface area contributed by atoms with Crippen LogP contribution in [0.1, 0.15) is 36.8 Å². The molecule has 1 aromatic carbocycles. The summed E-state index contributed by atoms with van der Waals surface area (Å²) in [6.07, 6.45) is 0. The van der Waals surface area contributed by atoms with Gasteiger partial charge in [-0.05, 0) is 31.9 Å². The van der Waals surface area contributed by atoms with Crippen LogP contribution in [-0.2, 0) is 0 Å². The van der Waals surface area contributed by atoms with Crippen molar-refractivity contribution in [3.05, 3.63) is 29.5 Å². The second kappa shape index (κ2) is 5.25. The van der Waals surface area contributed by atoms with Gasteiger partial charge in [0.1, 0.15) is 0 Å². The molecule has 3 N–H and O–H groups in total. The van der Waals surface area contributed by atoms with Crippen LogP contribution in [0.2, 0.25) is 0 Å². The lowest BCUT2D eigenvalue weighted by Gasteiger charge is -2.27. The van der Waals surface area contributed by atoms with Crippen molar-refractivity contribution in [3.63, 3.8) is 0 Å². The highest BCUT2D eigenvalue weighted by Crippen LogP contribution is 2.18. The van der Waals surface area contributed by atoms with E-state index in [1.54, 1.807) is 6.92 Å². The monoisotopic (exact) mass is 275 g/mol. The highest BCUT2D eigenvalue weighted by atomic mass is 16.3. The number of hydrogen-bond donors (Lipinski definition) is 3. The Morgan fingerprint density at radius 1 is 1.50 bits per heavy atom. The molecule has 0 saturated heterocycles. The van der Waals surface area contributed by atoms with E-state index >= 15 is 0 Å². The van der Waals surface area contributed by atoms with Gasteiger partial charge >= 0.3 is 0 Å². The Morgan fingerprint density at radius 3 is 2.85 bits per heavy atom. The van der Waals surface area contributed by atoms with Crippen LogP contribution in [-0.4, -0.2) is 33.4 Å². The fraction of sp³-hybridized carbons (Fsp3) is 0.467. The Bertz CT molecular complexity index is 629. The van der Waals surface area contributed by atoms with Gasteiger partial charge in [-0.2, -0.15) is 5.10 Å². The third-order valence-electron chi connectivity index (χ3n) is 3.78. The number of nitrogens with zero attached hydrogens (tertiary/aromatic N) is 1. The van der Waals surface area contributed by atoms with Crippen LogP contribution in [0.25, 0.3) is 10.9 Å². The molecule has 0 fully saturated rings. The molecule has 1 atom stereocenters. The molecule has 0 aliphatic rings. The molecule has 0 bridgehead atoms. The normalized spacial score (nSPS) is 14.5. The molecule has 0 aliphatic carbocycles. The second-order valence-corrected chi connectivity index (χ2v) is 5.82. The van der Waals surface area contributed by atoms with Crippen molar-refractivity contribution in [2.24, 2.45) is 5.92 Å². The van der Waals surface area contributed by atoms with Crippen molar-refractivity contribution in [3.8, 4) is 0 Å². The minimum absolute atomic E-state index is 0.0565. The van der Waals surface area contributed by atoms with Crippen molar-refractivity contribution in [1.82, 2.24) is 15.5 Å². The maximum atomic E-state index is 12.2. The molecule has 1 unspecified atom stereocenters. The molecule has 1 aromatic heterocycles. The van der Waals surface area contributed by atoms with E-state index in [0.717, 1.165) is 16.5 Å². The van der Waals surface area contributed by atoms with Crippen molar-refractivity contribution < 1.29 is 9.90 Å². The van der Waals surface area contributed by atoms with E-state index in [0.29, 0.717) is 5.69 Å². The maximum absolute atomic E-state index is 12.2. The topological polar surface area (TPSA) is 78.0 Å². The summed E-state index contributed by atoms with van der Waals surface area (Å²) in [6.45, 7) is 7.71. The average molecular weight is 275 g/mol. The molecule has 0 spiro atoms. The van der Waals surface area contributed by atoms with Crippen LogP contribution < -0.4 is 5.32 Å². The van der Waals surface area contributed by atoms with E-state index in [-0.39, 0.29) is 18.4 Å². The zero-order valence-electron chi connectivity index (χ0n) is 12.3. The van der Waals surface area contributed by atoms with Gasteiger partial charge in [-0.1, -0.05) is 25.5 Å². The zero-order chi connectivity index (χ0) is 14.9. The van der Waals surface area contributed by atoms with Gasteiger partial charge in [0.25, 0.3) is 5.91 Å². The molecule has 5 heteroatoms. The van der Waals surface area contributed by atoms with Crippen molar-refractivity contribution in [2.45, 2.75) is 33.3 Å². The first-order valence-electron chi connectivity index (χ1n) is 6.76. The lowest BCUT2D eigenvalue weighted by atomic mass is 9.92. The van der Waals surface area contributed by atoms with Gasteiger partial charge in [0, 0.05) is 11.9 Å². The van der Waals surface area contributed by atoms with Gasteiger partial charge in [0.2, 0.25) is 0 Å². The van der Waals surface area contributed by atoms with E-state index in [1.807, 2.05) is 39.0 Å². The van der Waals surface area contributed by atoms with Gasteiger partial charge in [-0.25, -0.2) is 0 Å². The quantitative estimate of drug-likeness (QED) is 0.798. The van der Waals surface area contributed by atoms with Gasteiger partial charge < -0.3 is 10.4 Å². The second-order valence-electron chi connectivity index (χ2n) is 5.82. The standard InChI is InChI=1S/C15H21N3O2/c1-9(2)15(4,20)8-16-14(19)13-11-7-10(3)5-6-12(11)17-18-13/h5-7,9,20H,8H2,1-4H3,(H,16,19)(H,17,18). The van der Waals surface area contributed by atoms with Gasteiger partial charge in [-0.15, -0.1) is 0 Å². The molecular formula is C15H21N3O2. The highest BCUT2D eigenvalue weighted by molar-refractivity contribution is 6.04. The summed E-state index contributed by atoms with van der Waals surface area (Å²) in [7, 11) is 0. The number of hydrogen-bond acceptors (Lipinski definition) is 3. The molecule has 2 aromatic rings. The van der Waals surface area contributed by atoms with E-state index in [4.69, 9.17) is 0 Å². The Balaban J connectivity index is 2.18. The smallest absolute Gasteiger partial charge is 0.272 e. The summed E-state index contributed by atoms with van der Waals surface area (Å²) in [5.74, 6) is -0.219. The molecule has 0 radical (unpaired) electrons. The Labute approximate surface area is 118 Å². The number of amides is 1. The first-order chi connectivity index (χ1) is 9.31. The Kier molecular flexibility index (Phi) is 3.81. The number of aromatic nitrogens is 2. The number of H-pyrrole nitrogens is 1. The van der Waals surface area contributed by atoms with Crippen LogP contribution in [0, 0.1) is 12.8 Å². The predicted molar refractivity (Wildman–Crippen MR) is 78.6 cm³/mol. The number of aromatic amines is 1. The zero-order valence-corrected chi connectivity index (χ0v) is 12.3. The van der Waals surface area contributed by atoms with Crippen molar-refractivity contribution in [1.29, 1.82) is 0 Å². The van der Waals surface area contributed by atoms with Crippen LogP contribution in [0.15, 0.2) is 18.2 Å². The van der Waals surface area contributed by atoms with Gasteiger partial charge in [0.05, 0.1) is 11.1 Å². The minimum Gasteiger partial charge on any atom is -0.388 e. The van der Waals surface area contributed by atoms with E-state index in [2.05, 4.69) is 15.5 Å². The molecule has 1 heterocycles. The van der Waals surface area contributed by atoms with Crippen molar-refractivity contribution >= 4 is 16.8 Å². The lowest BCUT2D eigenvalue weighted by molar-refractivity contribution is 0.0142. The van der Waals surface area contributed by atoms with E-state index < -0.39 is 5.60 Å². The number of aliphatic hydroxyl groups is 1. The molecule has 2 rings (SSSR count). The van der Waals surface area contributed by atoms with Crippen LogP contribution >= 0.6 is 0 Å². The molecule has 108 valence electrons. The van der Waals surface area contributed by atoms with Crippen LogP contribution in [0.5, 0.6) is 0 Å². The number of carbonyl (C=O) groups excluding carboxylic acids is 1. The average Bonchev–Trinajstić information content (AvgIpc) is 2.78. The van der Waals surface area contributed by atoms with Gasteiger partial charge in [-0.3, -0.25) is 9.89 Å². The molecule has 1 amide bonds. The summed E-state index contributed by atoms with van der Waals surface area (Å²) in [5.41, 5.74) is 1.33. The molecule has 0 aliphatic heterocycles. The van der Waals surface area contributed by atoms with Gasteiger partial charge in [0.15, 0.2) is 5.69 Å². The first-order valence-corrected chi connectivity index (χ1v) is 6.76. The fourth-order valence-electron chi connectivity index (χ4n) is 1.85. The Hall–Kier alpha value is -1.88. The predicted octanol–water partition coefficient (Wildman–Crippen LogP) is 2.01. The van der Waals surface area contributed by atoms with Crippen LogP contribution in [0.4, 0.5) is 0 Å². The summed E-state index contributed by atoms with van der Waals surface area (Å²) in [4.78, 5) is 12.2. The lowest BCUT2D eigenvalue weighted by Crippen LogP contribution is -2.44. The summed E-state index contributed by atoms with van der Waals surface area (Å²) in [6, 6.07) is 5.79. The third-order valence-corrected chi connectivity index (χ3v) is 3.78. The number of carbonyl (C=O) groups is 1. The summed E-state index contributed by atoms with van der Waals surface area (Å²) in [5, 5.41) is 20.6. The van der Waals surface area contributed by atoms with Crippen LogP contribution in [0.3, 0.4) is 0 Å². The molecule has 20 heavy (non-hydrogen) atoms. The molecule has 0 saturated carbocycles. The maximum Gasteiger partial charge on any atom is 0.272 e. The minimum atomic E-state index is -0.933. The highest BCUT2D eigenvalue weighted by Gasteiger charge is 2.26. The van der Waals surface area contributed by atoms with E-state index in [1.165, 1.54) is 0 Å². The number of rotatable bonds is 4. The molecule has 5 nitrogen and oxygen atoms in total. The van der Waals surface area contributed by atoms with E-state index in [9.17, 15) is 9.90 Å². The summed E-state index contributed by atoms with van der Waals surface area (Å²) < 4.78 is 0.